The average molecular weight is 307 g/mol. The zero-order chi connectivity index (χ0) is 14.5. The highest BCUT2D eigenvalue weighted by Gasteiger charge is 2.27. The number of ketones is 1. The molecule has 0 fully saturated rings. The number of hydrogen-bond acceptors (Lipinski definition) is 3. The number of rotatable bonds is 5. The maximum atomic E-state index is 12.6. The summed E-state index contributed by atoms with van der Waals surface area (Å²) in [4.78, 5) is 12.6. The van der Waals surface area contributed by atoms with Crippen LogP contribution in [0.3, 0.4) is 0 Å². The molecule has 1 unspecified atom stereocenters. The Labute approximate surface area is 123 Å². The van der Waals surface area contributed by atoms with Crippen LogP contribution >= 0.6 is 20.1 Å². The lowest BCUT2D eigenvalue weighted by atomic mass is 10.0. The number of halogens is 1. The van der Waals surface area contributed by atoms with Gasteiger partial charge in [0.25, 0.3) is 0 Å². The summed E-state index contributed by atoms with van der Waals surface area (Å²) in [5.41, 5.74) is 0.148. The first kappa shape index (κ1) is 14.7. The third-order valence-corrected chi connectivity index (χ3v) is 3.97. The lowest BCUT2D eigenvalue weighted by Gasteiger charge is -2.13. The van der Waals surface area contributed by atoms with Crippen LogP contribution in [0.15, 0.2) is 48.5 Å². The summed E-state index contributed by atoms with van der Waals surface area (Å²) >= 11 is 6.09. The van der Waals surface area contributed by atoms with Gasteiger partial charge in [0.2, 0.25) is 0 Å². The summed E-state index contributed by atoms with van der Waals surface area (Å²) in [5, 5.41) is 0.291. The van der Waals surface area contributed by atoms with Crippen LogP contribution in [0.1, 0.15) is 21.6 Å². The van der Waals surface area contributed by atoms with Gasteiger partial charge in [0.15, 0.2) is 14.2 Å². The smallest absolute Gasteiger partial charge is 0.187 e. The van der Waals surface area contributed by atoms with Crippen LogP contribution in [-0.4, -0.2) is 12.9 Å². The second kappa shape index (κ2) is 6.65. The topological polar surface area (TPSA) is 43.4 Å². The van der Waals surface area contributed by atoms with Crippen molar-refractivity contribution in [3.8, 4) is 5.75 Å². The number of methoxy groups -OCH3 is 1. The Morgan fingerprint density at radius 1 is 1.15 bits per heavy atom. The van der Waals surface area contributed by atoms with Crippen molar-refractivity contribution in [3.05, 3.63) is 64.7 Å². The van der Waals surface area contributed by atoms with Gasteiger partial charge in [-0.15, -0.1) is 0 Å². The summed E-state index contributed by atoms with van der Waals surface area (Å²) in [7, 11) is 1.19. The van der Waals surface area contributed by atoms with Gasteiger partial charge < -0.3 is 4.74 Å². The van der Waals surface area contributed by atoms with Crippen LogP contribution in [0.2, 0.25) is 5.02 Å². The molecule has 0 amide bonds. The van der Waals surface area contributed by atoms with E-state index in [1.165, 1.54) is 7.11 Å². The van der Waals surface area contributed by atoms with Gasteiger partial charge in [0, 0.05) is 0 Å². The van der Waals surface area contributed by atoms with E-state index in [1.54, 1.807) is 42.5 Å². The van der Waals surface area contributed by atoms with E-state index < -0.39 is 5.66 Å². The minimum Gasteiger partial charge on any atom is -0.496 e. The highest BCUT2D eigenvalue weighted by molar-refractivity contribution is 7.26. The van der Waals surface area contributed by atoms with Gasteiger partial charge in [0.1, 0.15) is 11.4 Å². The molecule has 0 aliphatic rings. The standard InChI is InChI=1S/C15H12ClO3P/c1-19-12-9-5-8-11(16)13(12)14(17)15(20-18)10-6-3-2-4-7-10/h2-9,15H,1H3. The fourth-order valence-electron chi connectivity index (χ4n) is 1.95. The summed E-state index contributed by atoms with van der Waals surface area (Å²) in [6.07, 6.45) is 0. The van der Waals surface area contributed by atoms with Gasteiger partial charge in [-0.1, -0.05) is 48.0 Å². The third-order valence-electron chi connectivity index (χ3n) is 2.91. The summed E-state index contributed by atoms with van der Waals surface area (Å²) in [6, 6.07) is 13.9. The van der Waals surface area contributed by atoms with Crippen molar-refractivity contribution in [2.45, 2.75) is 5.66 Å². The molecular weight excluding hydrogens is 295 g/mol. The largest absolute Gasteiger partial charge is 0.496 e. The number of Topliss-reactive ketones (excluding diaryl/α,β-unsaturated/α-hetero) is 1. The highest BCUT2D eigenvalue weighted by atomic mass is 35.5. The van der Waals surface area contributed by atoms with Crippen LogP contribution in [0.5, 0.6) is 5.75 Å². The monoisotopic (exact) mass is 306 g/mol. The molecule has 2 aromatic carbocycles. The fourth-order valence-corrected chi connectivity index (χ4v) is 2.72. The minimum atomic E-state index is -0.787. The van der Waals surface area contributed by atoms with E-state index in [0.717, 1.165) is 0 Å². The van der Waals surface area contributed by atoms with Crippen molar-refractivity contribution in [3.63, 3.8) is 0 Å². The first-order valence-corrected chi connectivity index (χ1v) is 7.19. The Bertz CT molecular complexity index is 628. The lowest BCUT2D eigenvalue weighted by Crippen LogP contribution is -2.10. The van der Waals surface area contributed by atoms with Crippen LogP contribution in [0, 0.1) is 0 Å². The van der Waals surface area contributed by atoms with Crippen molar-refractivity contribution in [2.75, 3.05) is 7.11 Å². The Morgan fingerprint density at radius 2 is 1.85 bits per heavy atom. The molecule has 3 nitrogen and oxygen atoms in total. The molecule has 0 saturated carbocycles. The Morgan fingerprint density at radius 3 is 2.45 bits per heavy atom. The molecule has 0 N–H and O–H groups in total. The van der Waals surface area contributed by atoms with Crippen LogP contribution in [0.4, 0.5) is 0 Å². The van der Waals surface area contributed by atoms with Crippen LogP contribution in [0.25, 0.3) is 0 Å². The molecular formula is C15H12ClO3P. The lowest BCUT2D eigenvalue weighted by molar-refractivity contribution is 0.0985. The zero-order valence-electron chi connectivity index (χ0n) is 10.7. The quantitative estimate of drug-likeness (QED) is 0.600. The number of ether oxygens (including phenoxy) is 1. The van der Waals surface area contributed by atoms with Crippen molar-refractivity contribution < 1.29 is 14.1 Å². The molecule has 0 saturated heterocycles. The van der Waals surface area contributed by atoms with E-state index in [9.17, 15) is 9.36 Å². The predicted molar refractivity (Wildman–Crippen MR) is 79.1 cm³/mol. The number of hydrogen-bond donors (Lipinski definition) is 0. The average Bonchev–Trinajstić information content (AvgIpc) is 2.48. The highest BCUT2D eigenvalue weighted by Crippen LogP contribution is 2.36. The van der Waals surface area contributed by atoms with Crippen molar-refractivity contribution >= 4 is 25.8 Å². The van der Waals surface area contributed by atoms with Gasteiger partial charge >= 0.3 is 0 Å². The fraction of sp³-hybridized carbons (Fsp3) is 0.133. The molecule has 0 radical (unpaired) electrons. The molecule has 0 aliphatic carbocycles. The van der Waals surface area contributed by atoms with E-state index in [1.807, 2.05) is 6.07 Å². The normalized spacial score (nSPS) is 12.1. The molecule has 2 aromatic rings. The van der Waals surface area contributed by atoms with E-state index in [2.05, 4.69) is 0 Å². The molecule has 102 valence electrons. The summed E-state index contributed by atoms with van der Waals surface area (Å²) in [5.74, 6) is 0.0578. The minimum absolute atomic E-state index is 0.258. The second-order valence-electron chi connectivity index (χ2n) is 4.10. The zero-order valence-corrected chi connectivity index (χ0v) is 12.4. The van der Waals surface area contributed by atoms with E-state index in [-0.39, 0.29) is 19.8 Å². The second-order valence-corrected chi connectivity index (χ2v) is 5.23. The molecule has 2 rings (SSSR count). The van der Waals surface area contributed by atoms with Crippen molar-refractivity contribution in [1.82, 2.24) is 0 Å². The predicted octanol–water partition coefficient (Wildman–Crippen LogP) is 4.56. The Hall–Kier alpha value is -1.70. The molecule has 1 atom stereocenters. The molecule has 20 heavy (non-hydrogen) atoms. The summed E-state index contributed by atoms with van der Waals surface area (Å²) in [6.45, 7) is 0. The van der Waals surface area contributed by atoms with Gasteiger partial charge in [0.05, 0.1) is 17.7 Å². The summed E-state index contributed by atoms with van der Waals surface area (Å²) < 4.78 is 16.6. The first-order valence-electron chi connectivity index (χ1n) is 5.93. The van der Waals surface area contributed by atoms with Gasteiger partial charge in [-0.25, -0.2) is 0 Å². The van der Waals surface area contributed by atoms with Gasteiger partial charge in [-0.05, 0) is 17.7 Å². The molecule has 5 heteroatoms. The van der Waals surface area contributed by atoms with E-state index in [0.29, 0.717) is 16.3 Å². The van der Waals surface area contributed by atoms with Gasteiger partial charge in [-0.3, -0.25) is 9.36 Å². The SMILES string of the molecule is COc1cccc(Cl)c1C(=O)C(P=O)c1ccccc1. The van der Waals surface area contributed by atoms with E-state index >= 15 is 0 Å². The Kier molecular flexibility index (Phi) is 4.89. The Balaban J connectivity index is 2.47. The molecule has 0 bridgehead atoms. The van der Waals surface area contributed by atoms with E-state index in [4.69, 9.17) is 16.3 Å². The maximum absolute atomic E-state index is 12.6. The van der Waals surface area contributed by atoms with Crippen molar-refractivity contribution in [1.29, 1.82) is 0 Å². The molecule has 0 aromatic heterocycles. The first-order chi connectivity index (χ1) is 9.69. The van der Waals surface area contributed by atoms with Crippen LogP contribution < -0.4 is 4.74 Å². The number of carbonyl (C=O) groups excluding carboxylic acids is 1. The van der Waals surface area contributed by atoms with Gasteiger partial charge in [-0.2, -0.15) is 0 Å². The van der Waals surface area contributed by atoms with Crippen molar-refractivity contribution in [2.24, 2.45) is 0 Å². The molecule has 0 heterocycles. The molecule has 0 aliphatic heterocycles. The molecule has 0 spiro atoms. The number of benzene rings is 2. The third kappa shape index (κ3) is 2.90. The number of carbonyl (C=O) groups is 1. The van der Waals surface area contributed by atoms with Crippen LogP contribution in [-0.2, 0) is 4.57 Å². The maximum Gasteiger partial charge on any atom is 0.187 e.